The number of hydrogen-bond donors (Lipinski definition) is 1. The van der Waals surface area contributed by atoms with E-state index in [0.29, 0.717) is 5.56 Å². The highest BCUT2D eigenvalue weighted by Gasteiger charge is 2.29. The molecule has 0 amide bonds. The fourth-order valence-electron chi connectivity index (χ4n) is 2.47. The highest BCUT2D eigenvalue weighted by atomic mass is 19.4. The molecule has 0 aromatic heterocycles. The van der Waals surface area contributed by atoms with Gasteiger partial charge in [0.25, 0.3) is 0 Å². The average molecular weight is 282 g/mol. The molecule has 1 saturated carbocycles. The standard InChI is InChI=1S/C16H17F3O/c17-16(18,19)14-9-6-12(7-10-14)8-11-15(20)13-4-2-1-3-5-13/h6-7,9-10,13,15,20H,1-5H2/t15-/m0/s1. The first-order chi connectivity index (χ1) is 9.47. The third-order valence-corrected chi connectivity index (χ3v) is 3.67. The third kappa shape index (κ3) is 4.01. The molecule has 0 aliphatic heterocycles. The number of halogens is 3. The highest BCUT2D eigenvalue weighted by molar-refractivity contribution is 5.37. The van der Waals surface area contributed by atoms with Crippen molar-refractivity contribution < 1.29 is 18.3 Å². The summed E-state index contributed by atoms with van der Waals surface area (Å²) in [7, 11) is 0. The maximum absolute atomic E-state index is 12.4. The molecular weight excluding hydrogens is 265 g/mol. The van der Waals surface area contributed by atoms with E-state index in [1.54, 1.807) is 0 Å². The number of rotatable bonds is 1. The topological polar surface area (TPSA) is 20.2 Å². The van der Waals surface area contributed by atoms with Gasteiger partial charge in [0.1, 0.15) is 6.10 Å². The Labute approximate surface area is 116 Å². The fourth-order valence-corrected chi connectivity index (χ4v) is 2.47. The van der Waals surface area contributed by atoms with Gasteiger partial charge in [-0.25, -0.2) is 0 Å². The van der Waals surface area contributed by atoms with E-state index in [4.69, 9.17) is 0 Å². The molecule has 1 aromatic rings. The first-order valence-corrected chi connectivity index (χ1v) is 6.84. The minimum absolute atomic E-state index is 0.200. The second kappa shape index (κ2) is 6.32. The molecule has 108 valence electrons. The molecule has 1 aliphatic rings. The molecule has 1 fully saturated rings. The van der Waals surface area contributed by atoms with Crippen LogP contribution in [0.5, 0.6) is 0 Å². The van der Waals surface area contributed by atoms with Gasteiger partial charge in [-0.05, 0) is 43.0 Å². The van der Waals surface area contributed by atoms with Crippen LogP contribution in [0.15, 0.2) is 24.3 Å². The second-order valence-corrected chi connectivity index (χ2v) is 5.19. The van der Waals surface area contributed by atoms with Crippen molar-refractivity contribution >= 4 is 0 Å². The zero-order valence-corrected chi connectivity index (χ0v) is 11.1. The van der Waals surface area contributed by atoms with Crippen molar-refractivity contribution in [3.63, 3.8) is 0 Å². The van der Waals surface area contributed by atoms with Gasteiger partial charge in [0.05, 0.1) is 5.56 Å². The van der Waals surface area contributed by atoms with Gasteiger partial charge in [0, 0.05) is 5.56 Å². The van der Waals surface area contributed by atoms with Crippen molar-refractivity contribution in [3.05, 3.63) is 35.4 Å². The Balaban J connectivity index is 2.01. The molecule has 0 radical (unpaired) electrons. The summed E-state index contributed by atoms with van der Waals surface area (Å²) in [4.78, 5) is 0. The maximum Gasteiger partial charge on any atom is 0.416 e. The Morgan fingerprint density at radius 3 is 2.20 bits per heavy atom. The van der Waals surface area contributed by atoms with Gasteiger partial charge in [-0.15, -0.1) is 0 Å². The van der Waals surface area contributed by atoms with Crippen molar-refractivity contribution in [1.82, 2.24) is 0 Å². The molecule has 4 heteroatoms. The minimum atomic E-state index is -4.33. The molecule has 0 saturated heterocycles. The van der Waals surface area contributed by atoms with Gasteiger partial charge in [0.2, 0.25) is 0 Å². The lowest BCUT2D eigenvalue weighted by Crippen LogP contribution is -2.21. The van der Waals surface area contributed by atoms with Crippen LogP contribution in [0, 0.1) is 17.8 Å². The molecule has 1 atom stereocenters. The van der Waals surface area contributed by atoms with E-state index < -0.39 is 17.8 Å². The Kier molecular flexibility index (Phi) is 4.72. The van der Waals surface area contributed by atoms with Crippen LogP contribution in [-0.2, 0) is 6.18 Å². The minimum Gasteiger partial charge on any atom is -0.380 e. The van der Waals surface area contributed by atoms with Gasteiger partial charge < -0.3 is 5.11 Å². The fraction of sp³-hybridized carbons (Fsp3) is 0.500. The van der Waals surface area contributed by atoms with Crippen molar-refractivity contribution in [1.29, 1.82) is 0 Å². The number of aliphatic hydroxyl groups is 1. The average Bonchev–Trinajstić information content (AvgIpc) is 2.45. The summed E-state index contributed by atoms with van der Waals surface area (Å²) in [5.41, 5.74) is -0.191. The number of hydrogen-bond acceptors (Lipinski definition) is 1. The molecule has 1 nitrogen and oxygen atoms in total. The number of aliphatic hydroxyl groups excluding tert-OH is 1. The molecule has 0 spiro atoms. The van der Waals surface area contributed by atoms with E-state index in [0.717, 1.165) is 37.8 Å². The van der Waals surface area contributed by atoms with Crippen LogP contribution in [0.2, 0.25) is 0 Å². The van der Waals surface area contributed by atoms with Crippen LogP contribution >= 0.6 is 0 Å². The summed E-state index contributed by atoms with van der Waals surface area (Å²) in [6, 6.07) is 4.70. The van der Waals surface area contributed by atoms with Crippen LogP contribution in [0.3, 0.4) is 0 Å². The summed E-state index contributed by atoms with van der Waals surface area (Å²) < 4.78 is 37.2. The molecule has 1 N–H and O–H groups in total. The van der Waals surface area contributed by atoms with E-state index in [-0.39, 0.29) is 5.92 Å². The Bertz CT molecular complexity index is 487. The Morgan fingerprint density at radius 2 is 1.65 bits per heavy atom. The van der Waals surface area contributed by atoms with Crippen LogP contribution in [-0.4, -0.2) is 11.2 Å². The van der Waals surface area contributed by atoms with E-state index in [9.17, 15) is 18.3 Å². The zero-order chi connectivity index (χ0) is 14.6. The molecule has 1 aliphatic carbocycles. The maximum atomic E-state index is 12.4. The normalized spacial score (nSPS) is 18.2. The lowest BCUT2D eigenvalue weighted by atomic mass is 9.85. The summed E-state index contributed by atoms with van der Waals surface area (Å²) >= 11 is 0. The SMILES string of the molecule is O[C@@H](C#Cc1ccc(C(F)(F)F)cc1)C1CCCCC1. The highest BCUT2D eigenvalue weighted by Crippen LogP contribution is 2.29. The number of benzene rings is 1. The van der Waals surface area contributed by atoms with Gasteiger partial charge in [0.15, 0.2) is 0 Å². The third-order valence-electron chi connectivity index (χ3n) is 3.67. The predicted octanol–water partition coefficient (Wildman–Crippen LogP) is 4.00. The molecule has 0 bridgehead atoms. The molecule has 2 rings (SSSR count). The number of alkyl halides is 3. The Morgan fingerprint density at radius 1 is 1.05 bits per heavy atom. The van der Waals surface area contributed by atoms with E-state index in [1.165, 1.54) is 18.6 Å². The smallest absolute Gasteiger partial charge is 0.380 e. The van der Waals surface area contributed by atoms with Crippen molar-refractivity contribution in [2.45, 2.75) is 44.4 Å². The quantitative estimate of drug-likeness (QED) is 0.772. The lowest BCUT2D eigenvalue weighted by Gasteiger charge is -2.23. The van der Waals surface area contributed by atoms with Gasteiger partial charge in [-0.3, -0.25) is 0 Å². The van der Waals surface area contributed by atoms with Gasteiger partial charge >= 0.3 is 6.18 Å². The van der Waals surface area contributed by atoms with Gasteiger partial charge in [-0.1, -0.05) is 31.1 Å². The summed E-state index contributed by atoms with van der Waals surface area (Å²) in [5.74, 6) is 5.70. The summed E-state index contributed by atoms with van der Waals surface area (Å²) in [6.45, 7) is 0. The van der Waals surface area contributed by atoms with Crippen LogP contribution in [0.25, 0.3) is 0 Å². The van der Waals surface area contributed by atoms with Crippen LogP contribution in [0.1, 0.15) is 43.2 Å². The van der Waals surface area contributed by atoms with Crippen molar-refractivity contribution in [2.24, 2.45) is 5.92 Å². The Hall–Kier alpha value is -1.47. The summed E-state index contributed by atoms with van der Waals surface area (Å²) in [5, 5.41) is 9.97. The zero-order valence-electron chi connectivity index (χ0n) is 11.1. The lowest BCUT2D eigenvalue weighted by molar-refractivity contribution is -0.137. The van der Waals surface area contributed by atoms with Crippen molar-refractivity contribution in [3.8, 4) is 11.8 Å². The molecular formula is C16H17F3O. The van der Waals surface area contributed by atoms with E-state index in [1.807, 2.05) is 0 Å². The molecule has 0 heterocycles. The first-order valence-electron chi connectivity index (χ1n) is 6.84. The molecule has 20 heavy (non-hydrogen) atoms. The van der Waals surface area contributed by atoms with Gasteiger partial charge in [-0.2, -0.15) is 13.2 Å². The predicted molar refractivity (Wildman–Crippen MR) is 70.9 cm³/mol. The first kappa shape index (κ1) is 14.9. The molecule has 0 unspecified atom stereocenters. The monoisotopic (exact) mass is 282 g/mol. The van der Waals surface area contributed by atoms with Crippen LogP contribution in [0.4, 0.5) is 13.2 Å². The van der Waals surface area contributed by atoms with Crippen molar-refractivity contribution in [2.75, 3.05) is 0 Å². The van der Waals surface area contributed by atoms with E-state index in [2.05, 4.69) is 11.8 Å². The largest absolute Gasteiger partial charge is 0.416 e. The molecule has 1 aromatic carbocycles. The second-order valence-electron chi connectivity index (χ2n) is 5.19. The van der Waals surface area contributed by atoms with E-state index >= 15 is 0 Å². The summed E-state index contributed by atoms with van der Waals surface area (Å²) in [6.07, 6.45) is 0.375. The van der Waals surface area contributed by atoms with Crippen LogP contribution < -0.4 is 0 Å².